The van der Waals surface area contributed by atoms with Crippen LogP contribution in [0.2, 0.25) is 0 Å². The van der Waals surface area contributed by atoms with Gasteiger partial charge in [0, 0.05) is 20.8 Å². The highest BCUT2D eigenvalue weighted by atomic mass is 35.5. The standard InChI is InChI=1S/C11H15ClO7/c1-5(13)16-9-8(4-12)19-11(18-7(3)15)10(9)17-6(2)14/h8-11H,4H2,1-3H3/t8-,9-,10-,11?/m0/s1. The zero-order valence-electron chi connectivity index (χ0n) is 10.8. The van der Waals surface area contributed by atoms with Crippen molar-refractivity contribution in [3.05, 3.63) is 0 Å². The van der Waals surface area contributed by atoms with Gasteiger partial charge in [0.25, 0.3) is 0 Å². The fourth-order valence-electron chi connectivity index (χ4n) is 1.73. The van der Waals surface area contributed by atoms with Crippen LogP contribution in [0.1, 0.15) is 20.8 Å². The summed E-state index contributed by atoms with van der Waals surface area (Å²) >= 11 is 5.69. The minimum absolute atomic E-state index is 0.00647. The quantitative estimate of drug-likeness (QED) is 0.420. The van der Waals surface area contributed by atoms with Gasteiger partial charge in [-0.15, -0.1) is 11.6 Å². The van der Waals surface area contributed by atoms with Gasteiger partial charge in [0.2, 0.25) is 12.4 Å². The van der Waals surface area contributed by atoms with Crippen molar-refractivity contribution in [3.63, 3.8) is 0 Å². The van der Waals surface area contributed by atoms with Gasteiger partial charge >= 0.3 is 17.9 Å². The number of carbonyl (C=O) groups is 3. The molecule has 8 heteroatoms. The molecule has 108 valence electrons. The second kappa shape index (κ2) is 6.72. The van der Waals surface area contributed by atoms with E-state index in [9.17, 15) is 14.4 Å². The molecule has 1 unspecified atom stereocenters. The van der Waals surface area contributed by atoms with Crippen LogP contribution in [-0.2, 0) is 33.3 Å². The molecule has 0 N–H and O–H groups in total. The lowest BCUT2D eigenvalue weighted by molar-refractivity contribution is -0.194. The first-order chi connectivity index (χ1) is 8.85. The van der Waals surface area contributed by atoms with E-state index in [-0.39, 0.29) is 5.88 Å². The summed E-state index contributed by atoms with van der Waals surface area (Å²) in [6, 6.07) is 0. The molecular formula is C11H15ClO7. The van der Waals surface area contributed by atoms with E-state index in [4.69, 9.17) is 30.5 Å². The molecule has 1 aliphatic rings. The smallest absolute Gasteiger partial charge is 0.305 e. The summed E-state index contributed by atoms with van der Waals surface area (Å²) in [7, 11) is 0. The molecule has 19 heavy (non-hydrogen) atoms. The predicted molar refractivity (Wildman–Crippen MR) is 62.3 cm³/mol. The van der Waals surface area contributed by atoms with Crippen LogP contribution >= 0.6 is 11.6 Å². The number of ether oxygens (including phenoxy) is 4. The van der Waals surface area contributed by atoms with Gasteiger partial charge < -0.3 is 18.9 Å². The van der Waals surface area contributed by atoms with Crippen LogP contribution in [0, 0.1) is 0 Å². The highest BCUT2D eigenvalue weighted by Crippen LogP contribution is 2.28. The van der Waals surface area contributed by atoms with E-state index in [1.807, 2.05) is 0 Å². The van der Waals surface area contributed by atoms with Gasteiger partial charge in [-0.05, 0) is 0 Å². The zero-order chi connectivity index (χ0) is 14.6. The maximum Gasteiger partial charge on any atom is 0.305 e. The minimum Gasteiger partial charge on any atom is -0.455 e. The number of carbonyl (C=O) groups excluding carboxylic acids is 3. The van der Waals surface area contributed by atoms with Crippen LogP contribution in [0.25, 0.3) is 0 Å². The molecule has 0 radical (unpaired) electrons. The molecule has 1 fully saturated rings. The summed E-state index contributed by atoms with van der Waals surface area (Å²) in [5.41, 5.74) is 0. The molecule has 0 aliphatic carbocycles. The Bertz CT molecular complexity index is 370. The Hall–Kier alpha value is -1.34. The SMILES string of the molecule is CC(=O)OC1O[C@@H](CCl)[C@H](OC(C)=O)[C@@H]1OC(C)=O. The molecule has 0 saturated carbocycles. The van der Waals surface area contributed by atoms with Crippen LogP contribution in [-0.4, -0.2) is 48.4 Å². The monoisotopic (exact) mass is 294 g/mol. The van der Waals surface area contributed by atoms with Crippen LogP contribution < -0.4 is 0 Å². The molecule has 0 aromatic carbocycles. The Morgan fingerprint density at radius 2 is 1.42 bits per heavy atom. The Balaban J connectivity index is 2.90. The molecule has 0 bridgehead atoms. The highest BCUT2D eigenvalue weighted by Gasteiger charge is 2.50. The summed E-state index contributed by atoms with van der Waals surface area (Å²) in [5, 5.41) is 0. The number of esters is 3. The summed E-state index contributed by atoms with van der Waals surface area (Å²) in [6.45, 7) is 3.57. The lowest BCUT2D eigenvalue weighted by atomic mass is 10.1. The van der Waals surface area contributed by atoms with Gasteiger partial charge in [0.05, 0.1) is 5.88 Å². The van der Waals surface area contributed by atoms with E-state index in [0.717, 1.165) is 0 Å². The third kappa shape index (κ3) is 4.36. The van der Waals surface area contributed by atoms with Crippen molar-refractivity contribution >= 4 is 29.5 Å². The average molecular weight is 295 g/mol. The summed E-state index contributed by atoms with van der Waals surface area (Å²) in [6.07, 6.45) is -3.81. The van der Waals surface area contributed by atoms with Crippen molar-refractivity contribution in [2.75, 3.05) is 5.88 Å². The minimum atomic E-state index is -1.14. The Labute approximate surface area is 115 Å². The second-order valence-electron chi connectivity index (χ2n) is 3.95. The van der Waals surface area contributed by atoms with Crippen molar-refractivity contribution in [2.45, 2.75) is 45.4 Å². The predicted octanol–water partition coefficient (Wildman–Crippen LogP) is 0.377. The van der Waals surface area contributed by atoms with Crippen molar-refractivity contribution < 1.29 is 33.3 Å². The molecule has 7 nitrogen and oxygen atoms in total. The maximum atomic E-state index is 11.1. The molecular weight excluding hydrogens is 280 g/mol. The van der Waals surface area contributed by atoms with Crippen LogP contribution in [0.4, 0.5) is 0 Å². The number of rotatable bonds is 4. The largest absolute Gasteiger partial charge is 0.455 e. The molecule has 0 aromatic heterocycles. The second-order valence-corrected chi connectivity index (χ2v) is 4.26. The summed E-state index contributed by atoms with van der Waals surface area (Å²) < 4.78 is 20.2. The molecule has 1 rings (SSSR count). The first-order valence-electron chi connectivity index (χ1n) is 5.58. The lowest BCUT2D eigenvalue weighted by Gasteiger charge is -2.22. The normalized spacial score (nSPS) is 29.7. The van der Waals surface area contributed by atoms with Crippen molar-refractivity contribution in [2.24, 2.45) is 0 Å². The first-order valence-corrected chi connectivity index (χ1v) is 6.11. The molecule has 1 aliphatic heterocycles. The number of hydrogen-bond donors (Lipinski definition) is 0. The van der Waals surface area contributed by atoms with Gasteiger partial charge in [-0.25, -0.2) is 0 Å². The fourth-order valence-corrected chi connectivity index (χ4v) is 1.97. The third-order valence-electron chi connectivity index (χ3n) is 2.31. The molecule has 0 amide bonds. The maximum absolute atomic E-state index is 11.1. The average Bonchev–Trinajstić information content (AvgIpc) is 2.55. The number of hydrogen-bond acceptors (Lipinski definition) is 7. The first kappa shape index (κ1) is 15.7. The third-order valence-corrected chi connectivity index (χ3v) is 2.61. The van der Waals surface area contributed by atoms with Crippen molar-refractivity contribution in [3.8, 4) is 0 Å². The zero-order valence-corrected chi connectivity index (χ0v) is 11.5. The van der Waals surface area contributed by atoms with Crippen LogP contribution in [0.3, 0.4) is 0 Å². The Morgan fingerprint density at radius 3 is 1.84 bits per heavy atom. The highest BCUT2D eigenvalue weighted by molar-refractivity contribution is 6.18. The Kier molecular flexibility index (Phi) is 5.56. The fraction of sp³-hybridized carbons (Fsp3) is 0.727. The van der Waals surface area contributed by atoms with E-state index in [0.29, 0.717) is 0 Å². The Morgan fingerprint density at radius 1 is 0.947 bits per heavy atom. The summed E-state index contributed by atoms with van der Waals surface area (Å²) in [4.78, 5) is 33.1. The van der Waals surface area contributed by atoms with Gasteiger partial charge in [0.1, 0.15) is 6.10 Å². The molecule has 4 atom stereocenters. The molecule has 1 heterocycles. The van der Waals surface area contributed by atoms with E-state index in [1.54, 1.807) is 0 Å². The van der Waals surface area contributed by atoms with E-state index < -0.39 is 42.5 Å². The van der Waals surface area contributed by atoms with Crippen molar-refractivity contribution in [1.82, 2.24) is 0 Å². The number of alkyl halides is 1. The van der Waals surface area contributed by atoms with Crippen LogP contribution in [0.15, 0.2) is 0 Å². The van der Waals surface area contributed by atoms with Gasteiger partial charge in [-0.2, -0.15) is 0 Å². The van der Waals surface area contributed by atoms with Gasteiger partial charge in [-0.1, -0.05) is 0 Å². The molecule has 1 saturated heterocycles. The molecule has 0 spiro atoms. The van der Waals surface area contributed by atoms with Crippen LogP contribution in [0.5, 0.6) is 0 Å². The van der Waals surface area contributed by atoms with E-state index in [1.165, 1.54) is 20.8 Å². The molecule has 0 aromatic rings. The van der Waals surface area contributed by atoms with E-state index in [2.05, 4.69) is 0 Å². The van der Waals surface area contributed by atoms with Gasteiger partial charge in [-0.3, -0.25) is 14.4 Å². The topological polar surface area (TPSA) is 88.1 Å². The van der Waals surface area contributed by atoms with Gasteiger partial charge in [0.15, 0.2) is 6.10 Å². The van der Waals surface area contributed by atoms with E-state index >= 15 is 0 Å². The summed E-state index contributed by atoms with van der Waals surface area (Å²) in [5.74, 6) is -1.81. The van der Waals surface area contributed by atoms with Crippen molar-refractivity contribution in [1.29, 1.82) is 0 Å². The lowest BCUT2D eigenvalue weighted by Crippen LogP contribution is -2.41. The number of halogens is 1.